The van der Waals surface area contributed by atoms with Crippen LogP contribution in [0.2, 0.25) is 0 Å². The van der Waals surface area contributed by atoms with Gasteiger partial charge in [-0.15, -0.1) is 0 Å². The van der Waals surface area contributed by atoms with Crippen LogP contribution in [0, 0.1) is 13.8 Å². The van der Waals surface area contributed by atoms with Gasteiger partial charge in [-0.05, 0) is 61.7 Å². The van der Waals surface area contributed by atoms with Gasteiger partial charge in [-0.25, -0.2) is 4.79 Å². The molecule has 2 aromatic rings. The lowest BCUT2D eigenvalue weighted by atomic mass is 9.92. The molecule has 7 nitrogen and oxygen atoms in total. The topological polar surface area (TPSA) is 88.1 Å². The van der Waals surface area contributed by atoms with Crippen LogP contribution < -0.4 is 14.8 Å². The van der Waals surface area contributed by atoms with Gasteiger partial charge < -0.3 is 19.9 Å². The number of imide groups is 1. The van der Waals surface area contributed by atoms with Crippen LogP contribution in [0.5, 0.6) is 11.5 Å². The van der Waals surface area contributed by atoms with Crippen LogP contribution >= 0.6 is 0 Å². The number of aliphatic hydroxyl groups is 1. The lowest BCUT2D eigenvalue weighted by molar-refractivity contribution is -0.132. The number of benzene rings is 2. The maximum absolute atomic E-state index is 13.0. The average Bonchev–Trinajstić information content (AvgIpc) is 2.90. The average molecular weight is 398 g/mol. The fourth-order valence-electron chi connectivity index (χ4n) is 3.45. The summed E-state index contributed by atoms with van der Waals surface area (Å²) in [4.78, 5) is 26.4. The van der Waals surface area contributed by atoms with Crippen molar-refractivity contribution < 1.29 is 24.2 Å². The molecule has 1 saturated heterocycles. The quantitative estimate of drug-likeness (QED) is 0.700. The van der Waals surface area contributed by atoms with E-state index in [1.807, 2.05) is 32.0 Å². The van der Waals surface area contributed by atoms with Crippen molar-refractivity contribution in [1.82, 2.24) is 10.2 Å². The number of aliphatic hydroxyl groups excluding tert-OH is 1. The minimum absolute atomic E-state index is 0.0286. The van der Waals surface area contributed by atoms with Gasteiger partial charge in [-0.2, -0.15) is 0 Å². The highest BCUT2D eigenvalue weighted by Crippen LogP contribution is 2.30. The van der Waals surface area contributed by atoms with Crippen LogP contribution in [-0.4, -0.2) is 48.3 Å². The van der Waals surface area contributed by atoms with Gasteiger partial charge in [0.05, 0.1) is 13.7 Å². The number of ether oxygens (including phenoxy) is 2. The molecule has 0 bridgehead atoms. The number of amides is 3. The molecule has 1 heterocycles. The van der Waals surface area contributed by atoms with Crippen molar-refractivity contribution in [3.8, 4) is 11.5 Å². The maximum Gasteiger partial charge on any atom is 0.325 e. The molecule has 29 heavy (non-hydrogen) atoms. The Kier molecular flexibility index (Phi) is 5.79. The first-order chi connectivity index (χ1) is 13.7. The largest absolute Gasteiger partial charge is 0.497 e. The molecule has 1 aliphatic heterocycles. The predicted molar refractivity (Wildman–Crippen MR) is 108 cm³/mol. The molecule has 154 valence electrons. The summed E-state index contributed by atoms with van der Waals surface area (Å²) in [5.74, 6) is 0.880. The molecule has 7 heteroatoms. The fraction of sp³-hybridized carbons (Fsp3) is 0.364. The van der Waals surface area contributed by atoms with E-state index < -0.39 is 23.6 Å². The second-order valence-electron chi connectivity index (χ2n) is 7.49. The normalized spacial score (nSPS) is 19.8. The number of methoxy groups -OCH3 is 1. The van der Waals surface area contributed by atoms with Crippen molar-refractivity contribution in [3.05, 3.63) is 59.2 Å². The SMILES string of the molecule is COc1ccc([C@@]2(C)NC(=O)N(C[C@@H](O)COc3cc(C)cc(C)c3)C2=O)cc1. The van der Waals surface area contributed by atoms with Gasteiger partial charge in [0, 0.05) is 0 Å². The second kappa shape index (κ2) is 8.13. The number of nitrogens with one attached hydrogen (secondary N) is 1. The van der Waals surface area contributed by atoms with Gasteiger partial charge in [0.25, 0.3) is 5.91 Å². The summed E-state index contributed by atoms with van der Waals surface area (Å²) in [5.41, 5.74) is 1.55. The minimum atomic E-state index is -1.20. The summed E-state index contributed by atoms with van der Waals surface area (Å²) in [6, 6.07) is 12.2. The molecule has 1 aliphatic rings. The van der Waals surface area contributed by atoms with E-state index in [0.717, 1.165) is 16.0 Å². The zero-order chi connectivity index (χ0) is 21.2. The highest BCUT2D eigenvalue weighted by Gasteiger charge is 2.49. The monoisotopic (exact) mass is 398 g/mol. The van der Waals surface area contributed by atoms with Crippen molar-refractivity contribution in [3.63, 3.8) is 0 Å². The number of carbonyl (C=O) groups is 2. The summed E-state index contributed by atoms with van der Waals surface area (Å²) in [5, 5.41) is 13.1. The molecule has 0 unspecified atom stereocenters. The number of carbonyl (C=O) groups excluding carboxylic acids is 2. The van der Waals surface area contributed by atoms with Crippen molar-refractivity contribution in [2.45, 2.75) is 32.4 Å². The zero-order valence-corrected chi connectivity index (χ0v) is 17.1. The number of urea groups is 1. The molecule has 2 N–H and O–H groups in total. The van der Waals surface area contributed by atoms with Crippen molar-refractivity contribution in [1.29, 1.82) is 0 Å². The summed E-state index contributed by atoms with van der Waals surface area (Å²) in [6.07, 6.45) is -1.01. The summed E-state index contributed by atoms with van der Waals surface area (Å²) in [6.45, 7) is 5.39. The van der Waals surface area contributed by atoms with E-state index in [2.05, 4.69) is 5.32 Å². The molecule has 0 spiro atoms. The first-order valence-electron chi connectivity index (χ1n) is 9.40. The smallest absolute Gasteiger partial charge is 0.325 e. The van der Waals surface area contributed by atoms with Crippen molar-refractivity contribution in [2.24, 2.45) is 0 Å². The summed E-state index contributed by atoms with van der Waals surface area (Å²) >= 11 is 0. The van der Waals surface area contributed by atoms with E-state index >= 15 is 0 Å². The third-order valence-corrected chi connectivity index (χ3v) is 4.97. The predicted octanol–water partition coefficient (Wildman–Crippen LogP) is 2.52. The van der Waals surface area contributed by atoms with Gasteiger partial charge in [0.15, 0.2) is 0 Å². The highest BCUT2D eigenvalue weighted by atomic mass is 16.5. The standard InChI is InChI=1S/C22H26N2O5/c1-14-9-15(2)11-19(10-14)29-13-17(25)12-24-20(26)22(3,23-21(24)27)16-5-7-18(28-4)8-6-16/h5-11,17,25H,12-13H2,1-4H3,(H,23,27)/t17-,22-/m1/s1. The van der Waals surface area contributed by atoms with Gasteiger partial charge in [-0.1, -0.05) is 18.2 Å². The van der Waals surface area contributed by atoms with E-state index in [0.29, 0.717) is 17.1 Å². The molecule has 3 amide bonds. The molecule has 0 aliphatic carbocycles. The van der Waals surface area contributed by atoms with Crippen LogP contribution in [0.15, 0.2) is 42.5 Å². The minimum Gasteiger partial charge on any atom is -0.497 e. The lowest BCUT2D eigenvalue weighted by Gasteiger charge is -2.23. The van der Waals surface area contributed by atoms with E-state index in [1.165, 1.54) is 0 Å². The number of hydrogen-bond donors (Lipinski definition) is 2. The summed E-state index contributed by atoms with van der Waals surface area (Å²) < 4.78 is 10.8. The van der Waals surface area contributed by atoms with Gasteiger partial charge in [-0.3, -0.25) is 9.69 Å². The molecule has 3 rings (SSSR count). The first kappa shape index (κ1) is 20.7. The molecule has 2 atom stereocenters. The molecule has 2 aromatic carbocycles. The van der Waals surface area contributed by atoms with Crippen molar-refractivity contribution >= 4 is 11.9 Å². The molecule has 0 saturated carbocycles. The Bertz CT molecular complexity index is 892. The Morgan fingerprint density at radius 1 is 1.07 bits per heavy atom. The lowest BCUT2D eigenvalue weighted by Crippen LogP contribution is -2.42. The Morgan fingerprint density at radius 3 is 2.28 bits per heavy atom. The maximum atomic E-state index is 13.0. The van der Waals surface area contributed by atoms with Gasteiger partial charge >= 0.3 is 6.03 Å². The first-order valence-corrected chi connectivity index (χ1v) is 9.40. The third kappa shape index (κ3) is 4.35. The van der Waals surface area contributed by atoms with Crippen LogP contribution in [0.4, 0.5) is 4.79 Å². The molecule has 1 fully saturated rings. The number of aryl methyl sites for hydroxylation is 2. The number of hydrogen-bond acceptors (Lipinski definition) is 5. The number of rotatable bonds is 7. The van der Waals surface area contributed by atoms with Crippen LogP contribution in [-0.2, 0) is 10.3 Å². The van der Waals surface area contributed by atoms with Crippen LogP contribution in [0.25, 0.3) is 0 Å². The Balaban J connectivity index is 1.65. The van der Waals surface area contributed by atoms with Gasteiger partial charge in [0.1, 0.15) is 29.7 Å². The molecular weight excluding hydrogens is 372 g/mol. The van der Waals surface area contributed by atoms with E-state index in [1.54, 1.807) is 38.3 Å². The Labute approximate surface area is 170 Å². The second-order valence-corrected chi connectivity index (χ2v) is 7.49. The van der Waals surface area contributed by atoms with Crippen LogP contribution in [0.3, 0.4) is 0 Å². The fourth-order valence-corrected chi connectivity index (χ4v) is 3.45. The van der Waals surface area contributed by atoms with Crippen molar-refractivity contribution in [2.75, 3.05) is 20.3 Å². The number of β-amino-alcohol motifs (C(OH)–C–C–N with tert-alkyl or cyclic N) is 1. The Morgan fingerprint density at radius 2 is 1.69 bits per heavy atom. The third-order valence-electron chi connectivity index (χ3n) is 4.97. The molecule has 0 radical (unpaired) electrons. The zero-order valence-electron chi connectivity index (χ0n) is 17.1. The van der Waals surface area contributed by atoms with E-state index in [4.69, 9.17) is 9.47 Å². The van der Waals surface area contributed by atoms with E-state index in [-0.39, 0.29) is 13.2 Å². The molecular formula is C22H26N2O5. The number of nitrogens with zero attached hydrogens (tertiary/aromatic N) is 1. The van der Waals surface area contributed by atoms with E-state index in [9.17, 15) is 14.7 Å². The molecule has 0 aromatic heterocycles. The highest BCUT2D eigenvalue weighted by molar-refractivity contribution is 6.07. The Hall–Kier alpha value is -3.06. The summed E-state index contributed by atoms with van der Waals surface area (Å²) in [7, 11) is 1.56. The van der Waals surface area contributed by atoms with Gasteiger partial charge in [0.2, 0.25) is 0 Å². The van der Waals surface area contributed by atoms with Crippen LogP contribution in [0.1, 0.15) is 23.6 Å².